The Morgan fingerprint density at radius 3 is 2.92 bits per heavy atom. The van der Waals surface area contributed by atoms with Crippen molar-refractivity contribution in [2.75, 3.05) is 6.54 Å². The predicted molar refractivity (Wildman–Crippen MR) is 96.5 cm³/mol. The third-order valence-electron chi connectivity index (χ3n) is 4.70. The van der Waals surface area contributed by atoms with Gasteiger partial charge in [0.25, 0.3) is 5.91 Å². The lowest BCUT2D eigenvalue weighted by atomic mass is 9.91. The van der Waals surface area contributed by atoms with Crippen LogP contribution in [-0.2, 0) is 26.4 Å². The van der Waals surface area contributed by atoms with Crippen LogP contribution in [0.15, 0.2) is 16.5 Å². The summed E-state index contributed by atoms with van der Waals surface area (Å²) in [5.74, 6) is 2.09. The number of carbonyl (C=O) groups excluding carboxylic acids is 1. The van der Waals surface area contributed by atoms with E-state index < -0.39 is 0 Å². The third kappa shape index (κ3) is 4.12. The van der Waals surface area contributed by atoms with E-state index >= 15 is 0 Å². The molecule has 0 radical (unpaired) electrons. The van der Waals surface area contributed by atoms with Crippen molar-refractivity contribution in [2.24, 2.45) is 13.0 Å². The second-order valence-electron chi connectivity index (χ2n) is 7.33. The van der Waals surface area contributed by atoms with Gasteiger partial charge in [0.1, 0.15) is 11.5 Å². The number of hydrogen-bond acceptors (Lipinski definition) is 4. The van der Waals surface area contributed by atoms with Crippen LogP contribution in [0.1, 0.15) is 53.5 Å². The van der Waals surface area contributed by atoms with Crippen LogP contribution in [0, 0.1) is 12.8 Å². The maximum absolute atomic E-state index is 12.6. The molecule has 3 rings (SSSR count). The van der Waals surface area contributed by atoms with E-state index in [1.807, 2.05) is 30.8 Å². The Labute approximate surface area is 149 Å². The molecule has 1 atom stereocenters. The number of fused-ring (bicyclic) bond motifs is 1. The van der Waals surface area contributed by atoms with Crippen LogP contribution in [-0.4, -0.2) is 28.3 Å². The lowest BCUT2D eigenvalue weighted by molar-refractivity contribution is 0.0941. The lowest BCUT2D eigenvalue weighted by Crippen LogP contribution is -2.37. The highest BCUT2D eigenvalue weighted by Gasteiger charge is 2.28. The summed E-state index contributed by atoms with van der Waals surface area (Å²) in [7, 11) is 1.92. The molecule has 0 saturated heterocycles. The molecule has 2 N–H and O–H groups in total. The minimum atomic E-state index is -0.129. The van der Waals surface area contributed by atoms with Gasteiger partial charge in [0.2, 0.25) is 0 Å². The SMILES string of the molecule is Cc1ccc(CNC(=O)c2nn(C)c3c2CC(NCC(C)C)CC3)o1. The minimum absolute atomic E-state index is 0.129. The number of furan rings is 1. The largest absolute Gasteiger partial charge is 0.465 e. The Balaban J connectivity index is 1.69. The first kappa shape index (κ1) is 17.7. The number of carbonyl (C=O) groups is 1. The molecule has 136 valence electrons. The highest BCUT2D eigenvalue weighted by molar-refractivity contribution is 5.94. The Morgan fingerprint density at radius 2 is 2.24 bits per heavy atom. The van der Waals surface area contributed by atoms with Gasteiger partial charge in [0, 0.05) is 24.3 Å². The van der Waals surface area contributed by atoms with Crippen LogP contribution in [0.2, 0.25) is 0 Å². The van der Waals surface area contributed by atoms with E-state index in [2.05, 4.69) is 29.6 Å². The number of amides is 1. The second-order valence-corrected chi connectivity index (χ2v) is 7.33. The second kappa shape index (κ2) is 7.44. The summed E-state index contributed by atoms with van der Waals surface area (Å²) in [6, 6.07) is 4.20. The van der Waals surface area contributed by atoms with E-state index in [-0.39, 0.29) is 5.91 Å². The standard InChI is InChI=1S/C19H28N4O2/c1-12(2)10-20-14-6-8-17-16(9-14)18(22-23(17)4)19(24)21-11-15-7-5-13(3)25-15/h5,7,12,14,20H,6,8-11H2,1-4H3,(H,21,24). The first-order chi connectivity index (χ1) is 11.9. The number of nitrogens with one attached hydrogen (secondary N) is 2. The molecule has 1 unspecified atom stereocenters. The molecule has 0 aromatic carbocycles. The number of hydrogen-bond donors (Lipinski definition) is 2. The number of aryl methyl sites for hydroxylation is 2. The zero-order chi connectivity index (χ0) is 18.0. The van der Waals surface area contributed by atoms with Crippen LogP contribution < -0.4 is 10.6 Å². The highest BCUT2D eigenvalue weighted by Crippen LogP contribution is 2.24. The molecule has 2 aromatic heterocycles. The molecular formula is C19H28N4O2. The zero-order valence-corrected chi connectivity index (χ0v) is 15.6. The maximum Gasteiger partial charge on any atom is 0.272 e. The van der Waals surface area contributed by atoms with Gasteiger partial charge in [-0.25, -0.2) is 0 Å². The molecule has 0 fully saturated rings. The summed E-state index contributed by atoms with van der Waals surface area (Å²) in [6.45, 7) is 7.69. The molecule has 0 bridgehead atoms. The summed E-state index contributed by atoms with van der Waals surface area (Å²) in [5.41, 5.74) is 2.82. The fourth-order valence-corrected chi connectivity index (χ4v) is 3.38. The normalized spacial score (nSPS) is 16.9. The van der Waals surface area contributed by atoms with Crippen molar-refractivity contribution in [1.82, 2.24) is 20.4 Å². The lowest BCUT2D eigenvalue weighted by Gasteiger charge is -2.25. The van der Waals surface area contributed by atoms with Gasteiger partial charge in [-0.2, -0.15) is 5.10 Å². The summed E-state index contributed by atoms with van der Waals surface area (Å²) < 4.78 is 7.37. The van der Waals surface area contributed by atoms with Gasteiger partial charge < -0.3 is 15.1 Å². The smallest absolute Gasteiger partial charge is 0.272 e. The van der Waals surface area contributed by atoms with Crippen molar-refractivity contribution in [1.29, 1.82) is 0 Å². The fourth-order valence-electron chi connectivity index (χ4n) is 3.38. The molecule has 6 nitrogen and oxygen atoms in total. The van der Waals surface area contributed by atoms with Crippen LogP contribution in [0.4, 0.5) is 0 Å². The van der Waals surface area contributed by atoms with E-state index in [1.54, 1.807) is 0 Å². The highest BCUT2D eigenvalue weighted by atomic mass is 16.3. The molecule has 1 aliphatic carbocycles. The Hall–Kier alpha value is -2.08. The Bertz CT molecular complexity index is 745. The molecular weight excluding hydrogens is 316 g/mol. The molecule has 1 aliphatic rings. The predicted octanol–water partition coefficient (Wildman–Crippen LogP) is 2.35. The fraction of sp³-hybridized carbons (Fsp3) is 0.579. The zero-order valence-electron chi connectivity index (χ0n) is 15.6. The van der Waals surface area contributed by atoms with Crippen molar-refractivity contribution in [3.63, 3.8) is 0 Å². The quantitative estimate of drug-likeness (QED) is 0.844. The van der Waals surface area contributed by atoms with E-state index in [1.165, 1.54) is 5.69 Å². The monoisotopic (exact) mass is 344 g/mol. The van der Waals surface area contributed by atoms with Gasteiger partial charge in [-0.05, 0) is 50.8 Å². The Kier molecular flexibility index (Phi) is 5.27. The topological polar surface area (TPSA) is 72.1 Å². The molecule has 0 aliphatic heterocycles. The minimum Gasteiger partial charge on any atom is -0.465 e. The molecule has 2 aromatic rings. The average molecular weight is 344 g/mol. The number of rotatable bonds is 6. The van der Waals surface area contributed by atoms with Crippen molar-refractivity contribution < 1.29 is 9.21 Å². The number of aromatic nitrogens is 2. The molecule has 0 spiro atoms. The summed E-state index contributed by atoms with van der Waals surface area (Å²) in [5, 5.41) is 11.0. The van der Waals surface area contributed by atoms with Crippen molar-refractivity contribution in [2.45, 2.75) is 52.6 Å². The van der Waals surface area contributed by atoms with Crippen LogP contribution in [0.25, 0.3) is 0 Å². The summed E-state index contributed by atoms with van der Waals surface area (Å²) >= 11 is 0. The van der Waals surface area contributed by atoms with Crippen LogP contribution in [0.5, 0.6) is 0 Å². The average Bonchev–Trinajstić information content (AvgIpc) is 3.14. The van der Waals surface area contributed by atoms with Gasteiger partial charge >= 0.3 is 0 Å². The van der Waals surface area contributed by atoms with Gasteiger partial charge in [-0.1, -0.05) is 13.8 Å². The Morgan fingerprint density at radius 1 is 1.44 bits per heavy atom. The van der Waals surface area contributed by atoms with E-state index in [4.69, 9.17) is 4.42 Å². The first-order valence-corrected chi connectivity index (χ1v) is 9.05. The summed E-state index contributed by atoms with van der Waals surface area (Å²) in [6.07, 6.45) is 2.91. The third-order valence-corrected chi connectivity index (χ3v) is 4.70. The van der Waals surface area contributed by atoms with Crippen LogP contribution in [0.3, 0.4) is 0 Å². The van der Waals surface area contributed by atoms with Crippen molar-refractivity contribution in [3.05, 3.63) is 40.6 Å². The van der Waals surface area contributed by atoms with Crippen molar-refractivity contribution in [3.8, 4) is 0 Å². The van der Waals surface area contributed by atoms with E-state index in [0.29, 0.717) is 24.2 Å². The van der Waals surface area contributed by atoms with E-state index in [0.717, 1.165) is 42.9 Å². The van der Waals surface area contributed by atoms with Gasteiger partial charge in [0.05, 0.1) is 6.54 Å². The number of nitrogens with zero attached hydrogens (tertiary/aromatic N) is 2. The summed E-state index contributed by atoms with van der Waals surface area (Å²) in [4.78, 5) is 12.6. The van der Waals surface area contributed by atoms with Crippen molar-refractivity contribution >= 4 is 5.91 Å². The molecule has 1 amide bonds. The molecule has 25 heavy (non-hydrogen) atoms. The molecule has 2 heterocycles. The maximum atomic E-state index is 12.6. The van der Waals surface area contributed by atoms with Gasteiger partial charge in [-0.15, -0.1) is 0 Å². The van der Waals surface area contributed by atoms with Gasteiger partial charge in [0.15, 0.2) is 5.69 Å². The first-order valence-electron chi connectivity index (χ1n) is 9.05. The van der Waals surface area contributed by atoms with Gasteiger partial charge in [-0.3, -0.25) is 9.48 Å². The van der Waals surface area contributed by atoms with E-state index in [9.17, 15) is 4.79 Å². The molecule has 6 heteroatoms. The molecule has 0 saturated carbocycles. The van der Waals surface area contributed by atoms with Crippen LogP contribution >= 0.6 is 0 Å².